The summed E-state index contributed by atoms with van der Waals surface area (Å²) in [6, 6.07) is 8.34. The molecule has 1 aromatic carbocycles. The molecule has 1 rings (SSSR count). The van der Waals surface area contributed by atoms with E-state index in [0.717, 1.165) is 0 Å². The van der Waals surface area contributed by atoms with E-state index in [2.05, 4.69) is 29.6 Å². The van der Waals surface area contributed by atoms with E-state index in [-0.39, 0.29) is 18.4 Å². The van der Waals surface area contributed by atoms with Gasteiger partial charge in [-0.1, -0.05) is 12.1 Å². The molecule has 23 heavy (non-hydrogen) atoms. The molecule has 0 spiro atoms. The summed E-state index contributed by atoms with van der Waals surface area (Å²) in [5, 5.41) is 2.72. The van der Waals surface area contributed by atoms with Gasteiger partial charge in [-0.05, 0) is 44.8 Å². The lowest BCUT2D eigenvalue weighted by Gasteiger charge is -2.24. The molecule has 0 fully saturated rings. The highest BCUT2D eigenvalue weighted by Gasteiger charge is 2.16. The number of nitrogens with zero attached hydrogens (tertiary/aromatic N) is 2. The molecule has 0 bridgehead atoms. The van der Waals surface area contributed by atoms with Crippen LogP contribution < -0.4 is 5.32 Å². The highest BCUT2D eigenvalue weighted by Crippen LogP contribution is 2.15. The summed E-state index contributed by atoms with van der Waals surface area (Å²) in [7, 11) is 1.92. The topological polar surface area (TPSA) is 52.7 Å². The second-order valence-electron chi connectivity index (χ2n) is 5.38. The lowest BCUT2D eigenvalue weighted by Crippen LogP contribution is -2.44. The number of nitrogens with one attached hydrogen (secondary N) is 1. The van der Waals surface area contributed by atoms with E-state index < -0.39 is 0 Å². The summed E-state index contributed by atoms with van der Waals surface area (Å²) >= 11 is 1.71. The number of likely N-dealkylation sites (N-methyl/N-ethyl adjacent to an activating group) is 3. The summed E-state index contributed by atoms with van der Waals surface area (Å²) in [5.74, 6) is -0.139. The maximum absolute atomic E-state index is 12.3. The van der Waals surface area contributed by atoms with Crippen molar-refractivity contribution in [2.24, 2.45) is 0 Å². The van der Waals surface area contributed by atoms with Crippen molar-refractivity contribution in [2.45, 2.75) is 25.3 Å². The number of rotatable bonds is 9. The molecule has 1 N–H and O–H groups in total. The van der Waals surface area contributed by atoms with Gasteiger partial charge < -0.3 is 10.2 Å². The van der Waals surface area contributed by atoms with E-state index in [9.17, 15) is 9.59 Å². The number of thioether (sulfide) groups is 1. The first kappa shape index (κ1) is 19.5. The average Bonchev–Trinajstić information content (AvgIpc) is 2.53. The Bertz CT molecular complexity index is 505. The Balaban J connectivity index is 2.51. The first-order valence-electron chi connectivity index (χ1n) is 7.86. The number of amides is 2. The Morgan fingerprint density at radius 2 is 1.78 bits per heavy atom. The molecule has 0 radical (unpaired) electrons. The van der Waals surface area contributed by atoms with Crippen molar-refractivity contribution in [1.82, 2.24) is 15.1 Å². The fourth-order valence-corrected chi connectivity index (χ4v) is 2.64. The Labute approximate surface area is 143 Å². The minimum atomic E-state index is -0.113. The van der Waals surface area contributed by atoms with E-state index in [0.29, 0.717) is 26.2 Å². The van der Waals surface area contributed by atoms with Gasteiger partial charge in [0.05, 0.1) is 13.1 Å². The molecule has 0 aliphatic carbocycles. The molecule has 6 heteroatoms. The quantitative estimate of drug-likeness (QED) is 0.699. The minimum Gasteiger partial charge on any atom is -0.355 e. The second kappa shape index (κ2) is 10.3. The van der Waals surface area contributed by atoms with Gasteiger partial charge in [-0.2, -0.15) is 0 Å². The monoisotopic (exact) mass is 337 g/mol. The molecule has 0 aromatic heterocycles. The van der Waals surface area contributed by atoms with Gasteiger partial charge in [0, 0.05) is 24.5 Å². The number of hydrogen-bond donors (Lipinski definition) is 1. The summed E-state index contributed by atoms with van der Waals surface area (Å²) in [6.07, 6.45) is 2.05. The molecule has 128 valence electrons. The molecule has 0 unspecified atom stereocenters. The van der Waals surface area contributed by atoms with Gasteiger partial charge in [0.2, 0.25) is 11.8 Å². The highest BCUT2D eigenvalue weighted by atomic mass is 32.2. The van der Waals surface area contributed by atoms with Gasteiger partial charge in [0.15, 0.2) is 0 Å². The molecule has 0 aliphatic heterocycles. The number of benzene rings is 1. The van der Waals surface area contributed by atoms with Crippen molar-refractivity contribution < 1.29 is 9.59 Å². The molecular formula is C17H27N3O2S. The maximum Gasteiger partial charge on any atom is 0.239 e. The van der Waals surface area contributed by atoms with Crippen molar-refractivity contribution in [2.75, 3.05) is 39.5 Å². The van der Waals surface area contributed by atoms with E-state index in [1.807, 2.05) is 32.1 Å². The summed E-state index contributed by atoms with van der Waals surface area (Å²) in [6.45, 7) is 6.00. The van der Waals surface area contributed by atoms with Crippen LogP contribution in [0.15, 0.2) is 29.2 Å². The third kappa shape index (κ3) is 7.05. The number of carbonyl (C=O) groups is 2. The Hall–Kier alpha value is -1.53. The van der Waals surface area contributed by atoms with E-state index in [4.69, 9.17) is 0 Å². The van der Waals surface area contributed by atoms with Crippen molar-refractivity contribution in [1.29, 1.82) is 0 Å². The number of hydrogen-bond acceptors (Lipinski definition) is 4. The Morgan fingerprint density at radius 3 is 2.30 bits per heavy atom. The zero-order chi connectivity index (χ0) is 17.2. The van der Waals surface area contributed by atoms with Crippen molar-refractivity contribution >= 4 is 23.6 Å². The smallest absolute Gasteiger partial charge is 0.239 e. The molecule has 1 aromatic rings. The molecule has 0 atom stereocenters. The van der Waals surface area contributed by atoms with Crippen LogP contribution in [-0.4, -0.2) is 61.1 Å². The molecule has 5 nitrogen and oxygen atoms in total. The lowest BCUT2D eigenvalue weighted by molar-refractivity contribution is -0.136. The van der Waals surface area contributed by atoms with Crippen LogP contribution >= 0.6 is 11.8 Å². The average molecular weight is 337 g/mol. The first-order valence-corrected chi connectivity index (χ1v) is 9.08. The van der Waals surface area contributed by atoms with Crippen LogP contribution in [0.4, 0.5) is 0 Å². The summed E-state index contributed by atoms with van der Waals surface area (Å²) in [5.41, 5.74) is 1.17. The molecular weight excluding hydrogens is 310 g/mol. The molecule has 0 saturated heterocycles. The standard InChI is InChI=1S/C17H27N3O2S/c1-5-18-16(21)12-20(6-2)17(22)13-19(3)11-14-7-9-15(23-4)10-8-14/h7-10H,5-6,11-13H2,1-4H3,(H,18,21). The molecule has 0 heterocycles. The first-order chi connectivity index (χ1) is 11.0. The SMILES string of the molecule is CCNC(=O)CN(CC)C(=O)CN(C)Cc1ccc(SC)cc1. The third-order valence-electron chi connectivity index (χ3n) is 3.46. The van der Waals surface area contributed by atoms with Crippen LogP contribution in [0.25, 0.3) is 0 Å². The van der Waals surface area contributed by atoms with Crippen LogP contribution in [0.2, 0.25) is 0 Å². The van der Waals surface area contributed by atoms with Crippen LogP contribution in [0, 0.1) is 0 Å². The predicted molar refractivity (Wildman–Crippen MR) is 95.5 cm³/mol. The van der Waals surface area contributed by atoms with Gasteiger partial charge in [-0.3, -0.25) is 14.5 Å². The maximum atomic E-state index is 12.3. The Morgan fingerprint density at radius 1 is 1.13 bits per heavy atom. The fraction of sp³-hybridized carbons (Fsp3) is 0.529. The molecule has 0 saturated carbocycles. The zero-order valence-electron chi connectivity index (χ0n) is 14.5. The molecule has 0 aliphatic rings. The van der Waals surface area contributed by atoms with Crippen molar-refractivity contribution in [3.63, 3.8) is 0 Å². The zero-order valence-corrected chi connectivity index (χ0v) is 15.3. The highest BCUT2D eigenvalue weighted by molar-refractivity contribution is 7.98. The van der Waals surface area contributed by atoms with Crippen LogP contribution in [0.5, 0.6) is 0 Å². The summed E-state index contributed by atoms with van der Waals surface area (Å²) in [4.78, 5) is 28.7. The van der Waals surface area contributed by atoms with Crippen molar-refractivity contribution in [3.8, 4) is 0 Å². The van der Waals surface area contributed by atoms with Gasteiger partial charge in [-0.15, -0.1) is 11.8 Å². The van der Waals surface area contributed by atoms with Gasteiger partial charge in [0.25, 0.3) is 0 Å². The molecule has 2 amide bonds. The second-order valence-corrected chi connectivity index (χ2v) is 6.26. The third-order valence-corrected chi connectivity index (χ3v) is 4.20. The number of carbonyl (C=O) groups excluding carboxylic acids is 2. The van der Waals surface area contributed by atoms with Gasteiger partial charge >= 0.3 is 0 Å². The minimum absolute atomic E-state index is 0.0259. The largest absolute Gasteiger partial charge is 0.355 e. The van der Waals surface area contributed by atoms with Gasteiger partial charge in [0.1, 0.15) is 0 Å². The van der Waals surface area contributed by atoms with Crippen LogP contribution in [0.3, 0.4) is 0 Å². The van der Waals surface area contributed by atoms with E-state index in [1.54, 1.807) is 16.7 Å². The van der Waals surface area contributed by atoms with Gasteiger partial charge in [-0.25, -0.2) is 0 Å². The van der Waals surface area contributed by atoms with Crippen LogP contribution in [0.1, 0.15) is 19.4 Å². The predicted octanol–water partition coefficient (Wildman–Crippen LogP) is 1.82. The van der Waals surface area contributed by atoms with Crippen molar-refractivity contribution in [3.05, 3.63) is 29.8 Å². The van der Waals surface area contributed by atoms with E-state index in [1.165, 1.54) is 10.5 Å². The Kier molecular flexibility index (Phi) is 8.73. The fourth-order valence-electron chi connectivity index (χ4n) is 2.23. The summed E-state index contributed by atoms with van der Waals surface area (Å²) < 4.78 is 0. The normalized spacial score (nSPS) is 10.7. The lowest BCUT2D eigenvalue weighted by atomic mass is 10.2. The van der Waals surface area contributed by atoms with Crippen LogP contribution in [-0.2, 0) is 16.1 Å². The van der Waals surface area contributed by atoms with E-state index >= 15 is 0 Å².